The van der Waals surface area contributed by atoms with Crippen LogP contribution in [0.5, 0.6) is 0 Å². The number of carbonyl (C=O) groups excluding carboxylic acids is 2. The summed E-state index contributed by atoms with van der Waals surface area (Å²) in [5.41, 5.74) is 3.62. The molecule has 0 aliphatic heterocycles. The molecule has 1 amide bonds. The molecule has 1 heterocycles. The molecule has 0 aliphatic carbocycles. The smallest absolute Gasteiger partial charge is 0.226 e. The molecule has 0 spiro atoms. The maximum Gasteiger partial charge on any atom is 0.226 e. The summed E-state index contributed by atoms with van der Waals surface area (Å²) in [6.07, 6.45) is 3.11. The van der Waals surface area contributed by atoms with Gasteiger partial charge in [0, 0.05) is 12.4 Å². The number of hydrogen-bond donors (Lipinski definition) is 4. The van der Waals surface area contributed by atoms with E-state index in [-0.39, 0.29) is 37.0 Å². The van der Waals surface area contributed by atoms with Crippen molar-refractivity contribution in [2.45, 2.75) is 66.7 Å². The highest BCUT2D eigenvalue weighted by Gasteiger charge is 2.36. The molecule has 1 aromatic carbocycles. The highest BCUT2D eigenvalue weighted by Crippen LogP contribution is 2.24. The molecule has 34 heavy (non-hydrogen) atoms. The van der Waals surface area contributed by atoms with E-state index in [2.05, 4.69) is 15.3 Å². The number of aromatic nitrogens is 2. The molecule has 10 nitrogen and oxygen atoms in total. The van der Waals surface area contributed by atoms with E-state index >= 15 is 0 Å². The van der Waals surface area contributed by atoms with Crippen molar-refractivity contribution in [3.05, 3.63) is 36.2 Å². The molecule has 0 fully saturated rings. The van der Waals surface area contributed by atoms with Gasteiger partial charge in [0.2, 0.25) is 5.91 Å². The predicted molar refractivity (Wildman–Crippen MR) is 129 cm³/mol. The predicted octanol–water partition coefficient (Wildman–Crippen LogP) is 3.37. The molecule has 0 saturated carbocycles. The summed E-state index contributed by atoms with van der Waals surface area (Å²) >= 11 is 0. The summed E-state index contributed by atoms with van der Waals surface area (Å²) in [7, 11) is 0. The van der Waals surface area contributed by atoms with Gasteiger partial charge in [-0.05, 0) is 42.4 Å². The van der Waals surface area contributed by atoms with Crippen molar-refractivity contribution in [3.8, 4) is 0 Å². The fourth-order valence-corrected chi connectivity index (χ4v) is 3.81. The molecular formula is C24H39N5O5. The van der Waals surface area contributed by atoms with E-state index in [1.807, 2.05) is 52.8 Å². The molecule has 190 valence electrons. The lowest BCUT2D eigenvalue weighted by Crippen LogP contribution is -2.52. The molecule has 1 unspecified atom stereocenters. The first-order chi connectivity index (χ1) is 15.5. The Kier molecular flexibility index (Phi) is 11.6. The molecule has 2 aromatic rings. The fraction of sp³-hybridized carbons (Fsp3) is 0.583. The van der Waals surface area contributed by atoms with E-state index in [1.54, 1.807) is 18.0 Å². The molecule has 3 atom stereocenters. The molecule has 10 heteroatoms. The summed E-state index contributed by atoms with van der Waals surface area (Å²) in [6, 6.07) is 5.01. The van der Waals surface area contributed by atoms with Crippen molar-refractivity contribution in [2.75, 3.05) is 6.61 Å². The number of hydrogen-bond acceptors (Lipinski definition) is 9. The number of benzene rings is 1. The van der Waals surface area contributed by atoms with Gasteiger partial charge in [0.15, 0.2) is 5.78 Å². The van der Waals surface area contributed by atoms with Gasteiger partial charge in [-0.25, -0.2) is 0 Å². The zero-order valence-electron chi connectivity index (χ0n) is 21.0. The van der Waals surface area contributed by atoms with Gasteiger partial charge in [0.1, 0.15) is 0 Å². The highest BCUT2D eigenvalue weighted by atomic mass is 16.8. The summed E-state index contributed by atoms with van der Waals surface area (Å²) < 4.78 is 6.12. The van der Waals surface area contributed by atoms with Crippen LogP contribution in [0.25, 0.3) is 11.0 Å². The van der Waals surface area contributed by atoms with Crippen molar-refractivity contribution < 1.29 is 24.4 Å². The first-order valence-electron chi connectivity index (χ1n) is 11.2. The second-order valence-corrected chi connectivity index (χ2v) is 9.79. The minimum atomic E-state index is -0.669. The van der Waals surface area contributed by atoms with Crippen molar-refractivity contribution in [2.24, 2.45) is 17.3 Å². The van der Waals surface area contributed by atoms with Gasteiger partial charge in [-0.15, -0.1) is 0 Å². The first-order valence-corrected chi connectivity index (χ1v) is 11.2. The Morgan fingerprint density at radius 1 is 1.12 bits per heavy atom. The number of ether oxygens (including phenoxy) is 1. The van der Waals surface area contributed by atoms with Gasteiger partial charge in [-0.1, -0.05) is 46.3 Å². The Labute approximate surface area is 201 Å². The van der Waals surface area contributed by atoms with Crippen LogP contribution in [0.15, 0.2) is 30.6 Å². The largest absolute Gasteiger partial charge is 0.370 e. The topological polar surface area (TPSA) is 158 Å². The van der Waals surface area contributed by atoms with Crippen molar-refractivity contribution in [1.82, 2.24) is 27.1 Å². The van der Waals surface area contributed by atoms with Crippen LogP contribution < -0.4 is 17.1 Å². The van der Waals surface area contributed by atoms with Crippen LogP contribution in [-0.2, 0) is 25.8 Å². The fourth-order valence-electron chi connectivity index (χ4n) is 3.81. The lowest BCUT2D eigenvalue weighted by atomic mass is 9.83. The van der Waals surface area contributed by atoms with Crippen molar-refractivity contribution in [3.63, 3.8) is 0 Å². The van der Waals surface area contributed by atoms with Gasteiger partial charge < -0.3 is 16.2 Å². The van der Waals surface area contributed by atoms with E-state index in [4.69, 9.17) is 14.8 Å². The third kappa shape index (κ3) is 8.69. The molecule has 0 bridgehead atoms. The molecule has 2 rings (SSSR count). The van der Waals surface area contributed by atoms with Crippen LogP contribution in [0.3, 0.4) is 0 Å². The summed E-state index contributed by atoms with van der Waals surface area (Å²) in [5, 5.41) is 11.9. The number of nitrogens with zero attached hydrogens (tertiary/aromatic N) is 2. The van der Waals surface area contributed by atoms with E-state index in [1.165, 1.54) is 6.92 Å². The molecule has 1 aromatic heterocycles. The molecule has 0 aliphatic rings. The Morgan fingerprint density at radius 2 is 1.76 bits per heavy atom. The van der Waals surface area contributed by atoms with Crippen LogP contribution >= 0.6 is 0 Å². The summed E-state index contributed by atoms with van der Waals surface area (Å²) in [5.74, 6) is -0.796. The van der Waals surface area contributed by atoms with Crippen LogP contribution in [-0.4, -0.2) is 45.6 Å². The zero-order chi connectivity index (χ0) is 24.6. The first kappa shape index (κ1) is 29.5. The number of carbonyl (C=O) groups is 2. The van der Waals surface area contributed by atoms with Crippen LogP contribution in [0.1, 0.15) is 53.5 Å². The highest BCUT2D eigenvalue weighted by molar-refractivity contribution is 5.89. The molecule has 0 saturated heterocycles. The lowest BCUT2D eigenvalue weighted by Gasteiger charge is -2.33. The van der Waals surface area contributed by atoms with Crippen LogP contribution in [0.4, 0.5) is 0 Å². The molecular weight excluding hydrogens is 438 g/mol. The Hall–Kier alpha value is -2.50. The van der Waals surface area contributed by atoms with Crippen molar-refractivity contribution in [1.29, 1.82) is 0 Å². The quantitative estimate of drug-likeness (QED) is 0.336. The maximum atomic E-state index is 13.3. The van der Waals surface area contributed by atoms with E-state index in [9.17, 15) is 9.59 Å². The Bertz CT molecular complexity index is 931. The molecule has 6 N–H and O–H groups in total. The van der Waals surface area contributed by atoms with Gasteiger partial charge in [-0.3, -0.25) is 29.6 Å². The lowest BCUT2D eigenvalue weighted by molar-refractivity contribution is -0.170. The Morgan fingerprint density at radius 3 is 2.32 bits per heavy atom. The van der Waals surface area contributed by atoms with Crippen LogP contribution in [0.2, 0.25) is 0 Å². The third-order valence-corrected chi connectivity index (χ3v) is 5.38. The number of amides is 1. The normalized spacial score (nSPS) is 14.4. The zero-order valence-corrected chi connectivity index (χ0v) is 21.0. The Balaban J connectivity index is 0.00000578. The number of nitrogens with one attached hydrogen (secondary N) is 2. The van der Waals surface area contributed by atoms with Crippen LogP contribution in [0, 0.1) is 17.3 Å². The van der Waals surface area contributed by atoms with Gasteiger partial charge in [-0.2, -0.15) is 0 Å². The maximum absolute atomic E-state index is 13.3. The van der Waals surface area contributed by atoms with Crippen molar-refractivity contribution >= 4 is 22.7 Å². The monoisotopic (exact) mass is 477 g/mol. The van der Waals surface area contributed by atoms with E-state index in [0.29, 0.717) is 6.42 Å². The van der Waals surface area contributed by atoms with E-state index < -0.39 is 23.5 Å². The van der Waals surface area contributed by atoms with Gasteiger partial charge in [0.25, 0.3) is 0 Å². The SMILES string of the molecule is CC(=O)[C@@H](NC(=O)[C@H](CC(C)C)C(CONO)OCc1ccc2nccnc2c1)C(C)(C)C.N. The second-order valence-electron chi connectivity index (χ2n) is 9.79. The second kappa shape index (κ2) is 13.4. The number of ketones is 1. The average molecular weight is 478 g/mol. The standard InChI is InChI=1S/C24H36N4O5.H3N/c1-15(2)11-18(23(30)27-22(16(3)29)24(4,5)6)21(14-33-28-31)32-13-17-7-8-19-20(12-17)26-10-9-25-19;/h7-10,12,15,18,21-22,28,31H,11,13-14H2,1-6H3,(H,27,30);1H3/t18-,21?,22-;/m1./s1. The van der Waals surface area contributed by atoms with Gasteiger partial charge in [0.05, 0.1) is 42.3 Å². The number of fused-ring (bicyclic) bond motifs is 1. The number of rotatable bonds is 12. The van der Waals surface area contributed by atoms with Gasteiger partial charge >= 0.3 is 0 Å². The number of Topliss-reactive ketones (excluding diaryl/α,β-unsaturated/α-hetero) is 1. The summed E-state index contributed by atoms with van der Waals surface area (Å²) in [6.45, 7) is 11.4. The minimum Gasteiger partial charge on any atom is -0.370 e. The molecule has 0 radical (unpaired) electrons. The third-order valence-electron chi connectivity index (χ3n) is 5.38. The summed E-state index contributed by atoms with van der Waals surface area (Å²) in [4.78, 5) is 39.1. The average Bonchev–Trinajstić information content (AvgIpc) is 2.74. The van der Waals surface area contributed by atoms with E-state index in [0.717, 1.165) is 16.6 Å². The minimum absolute atomic E-state index is 0.